The van der Waals surface area contributed by atoms with Crippen LogP contribution < -0.4 is 0 Å². The number of rotatable bonds is 11. The van der Waals surface area contributed by atoms with Crippen LogP contribution in [0, 0.1) is 0 Å². The fourth-order valence-electron chi connectivity index (χ4n) is 1.72. The summed E-state index contributed by atoms with van der Waals surface area (Å²) in [5.74, 6) is -0.0550. The van der Waals surface area contributed by atoms with Crippen molar-refractivity contribution in [2.75, 3.05) is 47.4 Å². The van der Waals surface area contributed by atoms with Gasteiger partial charge >= 0.3 is 5.97 Å². The lowest BCUT2D eigenvalue weighted by atomic mass is 10.1. The molecule has 0 bridgehead atoms. The van der Waals surface area contributed by atoms with E-state index >= 15 is 0 Å². The van der Waals surface area contributed by atoms with Crippen LogP contribution in [0.4, 0.5) is 0 Å². The van der Waals surface area contributed by atoms with Crippen LogP contribution in [0.5, 0.6) is 0 Å². The SMILES string of the molecule is CCOC(=O)CCCCCCN(C)CCN(C)C. The van der Waals surface area contributed by atoms with Gasteiger partial charge < -0.3 is 14.5 Å². The molecule has 4 nitrogen and oxygen atoms in total. The van der Waals surface area contributed by atoms with E-state index in [1.165, 1.54) is 12.8 Å². The fourth-order valence-corrected chi connectivity index (χ4v) is 1.72. The Morgan fingerprint density at radius 3 is 2.22 bits per heavy atom. The van der Waals surface area contributed by atoms with Crippen LogP contribution in [-0.2, 0) is 9.53 Å². The van der Waals surface area contributed by atoms with E-state index in [9.17, 15) is 4.79 Å². The predicted octanol–water partition coefficient (Wildman–Crippen LogP) is 1.99. The van der Waals surface area contributed by atoms with E-state index in [2.05, 4.69) is 30.9 Å². The number of carbonyl (C=O) groups excluding carboxylic acids is 1. The second kappa shape index (κ2) is 11.5. The Hall–Kier alpha value is -0.610. The Bertz CT molecular complexity index is 208. The van der Waals surface area contributed by atoms with Crippen molar-refractivity contribution in [3.8, 4) is 0 Å². The van der Waals surface area contributed by atoms with Crippen molar-refractivity contribution in [2.45, 2.75) is 39.0 Å². The predicted molar refractivity (Wildman–Crippen MR) is 75.8 cm³/mol. The van der Waals surface area contributed by atoms with E-state index < -0.39 is 0 Å². The molecule has 0 N–H and O–H groups in total. The van der Waals surface area contributed by atoms with Gasteiger partial charge in [-0.15, -0.1) is 0 Å². The molecule has 0 unspecified atom stereocenters. The Morgan fingerprint density at radius 2 is 1.61 bits per heavy atom. The highest BCUT2D eigenvalue weighted by Gasteiger charge is 2.02. The molecule has 0 rings (SSSR count). The first-order chi connectivity index (χ1) is 8.56. The molecule has 4 heteroatoms. The molecule has 0 radical (unpaired) electrons. The zero-order valence-corrected chi connectivity index (χ0v) is 12.6. The quantitative estimate of drug-likeness (QED) is 0.419. The monoisotopic (exact) mass is 258 g/mol. The van der Waals surface area contributed by atoms with Crippen molar-refractivity contribution in [3.63, 3.8) is 0 Å². The minimum atomic E-state index is -0.0550. The van der Waals surface area contributed by atoms with Crippen molar-refractivity contribution in [1.82, 2.24) is 9.80 Å². The van der Waals surface area contributed by atoms with E-state index in [1.54, 1.807) is 0 Å². The van der Waals surface area contributed by atoms with E-state index in [-0.39, 0.29) is 5.97 Å². The summed E-state index contributed by atoms with van der Waals surface area (Å²) >= 11 is 0. The number of carbonyl (C=O) groups is 1. The second-order valence-corrected chi connectivity index (χ2v) is 5.08. The fraction of sp³-hybridized carbons (Fsp3) is 0.929. The molecule has 0 heterocycles. The van der Waals surface area contributed by atoms with Gasteiger partial charge in [-0.1, -0.05) is 12.8 Å². The highest BCUT2D eigenvalue weighted by Crippen LogP contribution is 2.04. The first kappa shape index (κ1) is 17.4. The second-order valence-electron chi connectivity index (χ2n) is 5.08. The van der Waals surface area contributed by atoms with Gasteiger partial charge in [-0.3, -0.25) is 4.79 Å². The molecule has 0 spiro atoms. The van der Waals surface area contributed by atoms with Crippen LogP contribution in [0.1, 0.15) is 39.0 Å². The summed E-state index contributed by atoms with van der Waals surface area (Å²) in [5, 5.41) is 0. The average molecular weight is 258 g/mol. The Labute approximate surface area is 112 Å². The highest BCUT2D eigenvalue weighted by atomic mass is 16.5. The molecule has 0 saturated heterocycles. The van der Waals surface area contributed by atoms with Crippen molar-refractivity contribution in [3.05, 3.63) is 0 Å². The summed E-state index contributed by atoms with van der Waals surface area (Å²) in [7, 11) is 6.37. The van der Waals surface area contributed by atoms with Gasteiger partial charge in [0, 0.05) is 19.5 Å². The van der Waals surface area contributed by atoms with Gasteiger partial charge in [-0.2, -0.15) is 0 Å². The maximum Gasteiger partial charge on any atom is 0.305 e. The molecule has 0 aliphatic carbocycles. The van der Waals surface area contributed by atoms with Gasteiger partial charge in [0.1, 0.15) is 0 Å². The molecular weight excluding hydrogens is 228 g/mol. The number of hydrogen-bond donors (Lipinski definition) is 0. The zero-order valence-electron chi connectivity index (χ0n) is 12.6. The molecule has 0 aromatic heterocycles. The van der Waals surface area contributed by atoms with E-state index in [0.717, 1.165) is 32.5 Å². The lowest BCUT2D eigenvalue weighted by Crippen LogP contribution is -2.29. The van der Waals surface area contributed by atoms with Gasteiger partial charge in [-0.05, 0) is 47.5 Å². The number of ether oxygens (including phenoxy) is 1. The largest absolute Gasteiger partial charge is 0.466 e. The molecule has 108 valence electrons. The van der Waals surface area contributed by atoms with E-state index in [1.807, 2.05) is 6.92 Å². The van der Waals surface area contributed by atoms with Crippen molar-refractivity contribution in [2.24, 2.45) is 0 Å². The Morgan fingerprint density at radius 1 is 0.944 bits per heavy atom. The minimum absolute atomic E-state index is 0.0550. The maximum atomic E-state index is 11.1. The molecule has 0 saturated carbocycles. The third kappa shape index (κ3) is 11.9. The van der Waals surface area contributed by atoms with Gasteiger partial charge in [0.2, 0.25) is 0 Å². The summed E-state index contributed by atoms with van der Waals surface area (Å²) in [6, 6.07) is 0. The minimum Gasteiger partial charge on any atom is -0.466 e. The maximum absolute atomic E-state index is 11.1. The Kier molecular flexibility index (Phi) is 11.1. The van der Waals surface area contributed by atoms with Crippen LogP contribution >= 0.6 is 0 Å². The van der Waals surface area contributed by atoms with Crippen molar-refractivity contribution in [1.29, 1.82) is 0 Å². The first-order valence-electron chi connectivity index (χ1n) is 7.05. The molecule has 0 aliphatic heterocycles. The van der Waals surface area contributed by atoms with Crippen molar-refractivity contribution < 1.29 is 9.53 Å². The number of esters is 1. The summed E-state index contributed by atoms with van der Waals surface area (Å²) in [6.07, 6.45) is 5.07. The van der Waals surface area contributed by atoms with Crippen LogP contribution in [0.3, 0.4) is 0 Å². The lowest BCUT2D eigenvalue weighted by molar-refractivity contribution is -0.143. The lowest BCUT2D eigenvalue weighted by Gasteiger charge is -2.19. The first-order valence-corrected chi connectivity index (χ1v) is 7.05. The molecule has 0 amide bonds. The number of hydrogen-bond acceptors (Lipinski definition) is 4. The van der Waals surface area contributed by atoms with E-state index in [0.29, 0.717) is 13.0 Å². The average Bonchev–Trinajstić information content (AvgIpc) is 2.31. The molecule has 0 aromatic rings. The normalized spacial score (nSPS) is 11.2. The highest BCUT2D eigenvalue weighted by molar-refractivity contribution is 5.69. The van der Waals surface area contributed by atoms with Gasteiger partial charge in [0.15, 0.2) is 0 Å². The van der Waals surface area contributed by atoms with Crippen molar-refractivity contribution >= 4 is 5.97 Å². The van der Waals surface area contributed by atoms with Crippen LogP contribution in [-0.4, -0.2) is 63.2 Å². The summed E-state index contributed by atoms with van der Waals surface area (Å²) in [5.41, 5.74) is 0. The molecule has 0 aliphatic rings. The van der Waals surface area contributed by atoms with Crippen LogP contribution in [0.25, 0.3) is 0 Å². The third-order valence-corrected chi connectivity index (χ3v) is 2.90. The molecule has 0 atom stereocenters. The molecule has 18 heavy (non-hydrogen) atoms. The number of unbranched alkanes of at least 4 members (excludes halogenated alkanes) is 3. The summed E-state index contributed by atoms with van der Waals surface area (Å²) in [6.45, 7) is 5.72. The molecule has 0 fully saturated rings. The van der Waals surface area contributed by atoms with Gasteiger partial charge in [0.05, 0.1) is 6.61 Å². The zero-order chi connectivity index (χ0) is 13.8. The summed E-state index contributed by atoms with van der Waals surface area (Å²) in [4.78, 5) is 15.7. The summed E-state index contributed by atoms with van der Waals surface area (Å²) < 4.78 is 4.89. The third-order valence-electron chi connectivity index (χ3n) is 2.90. The molecular formula is C14H30N2O2. The number of likely N-dealkylation sites (N-methyl/N-ethyl adjacent to an activating group) is 2. The molecule has 0 aromatic carbocycles. The Balaban J connectivity index is 3.27. The van der Waals surface area contributed by atoms with Crippen LogP contribution in [0.15, 0.2) is 0 Å². The smallest absolute Gasteiger partial charge is 0.305 e. The topological polar surface area (TPSA) is 32.8 Å². The van der Waals surface area contributed by atoms with E-state index in [4.69, 9.17) is 4.74 Å². The van der Waals surface area contributed by atoms with Crippen LogP contribution in [0.2, 0.25) is 0 Å². The standard InChI is InChI=1S/C14H30N2O2/c1-5-18-14(17)10-8-6-7-9-11-16(4)13-12-15(2)3/h5-13H2,1-4H3. The number of nitrogens with zero attached hydrogens (tertiary/aromatic N) is 2. The van der Waals surface area contributed by atoms with Gasteiger partial charge in [0.25, 0.3) is 0 Å². The van der Waals surface area contributed by atoms with Gasteiger partial charge in [-0.25, -0.2) is 0 Å².